The van der Waals surface area contributed by atoms with E-state index in [1.54, 1.807) is 12.4 Å². The molecule has 5 heteroatoms. The van der Waals surface area contributed by atoms with Gasteiger partial charge in [-0.25, -0.2) is 4.79 Å². The van der Waals surface area contributed by atoms with Crippen molar-refractivity contribution in [1.82, 2.24) is 9.88 Å². The molecule has 1 aromatic rings. The van der Waals surface area contributed by atoms with E-state index in [4.69, 9.17) is 9.47 Å². The first kappa shape index (κ1) is 17.7. The third-order valence-corrected chi connectivity index (χ3v) is 3.86. The standard InChI is InChI=1S/C18H28N2O3/c1-18(2,3)23-17(21)20-11-4-5-15(13-20)8-12-22-14-16-6-9-19-10-7-16/h6-7,9-10,15H,4-5,8,11-14H2,1-3H3/t15-/m1/s1. The average molecular weight is 320 g/mol. The van der Waals surface area contributed by atoms with E-state index in [1.165, 1.54) is 0 Å². The largest absolute Gasteiger partial charge is 0.444 e. The lowest BCUT2D eigenvalue weighted by Gasteiger charge is -2.34. The summed E-state index contributed by atoms with van der Waals surface area (Å²) >= 11 is 0. The van der Waals surface area contributed by atoms with E-state index < -0.39 is 5.60 Å². The Kier molecular flexibility index (Phi) is 6.39. The van der Waals surface area contributed by atoms with Crippen molar-refractivity contribution in [2.24, 2.45) is 5.92 Å². The van der Waals surface area contributed by atoms with Crippen molar-refractivity contribution >= 4 is 6.09 Å². The molecule has 128 valence electrons. The average Bonchev–Trinajstić information content (AvgIpc) is 2.51. The molecule has 1 fully saturated rings. The van der Waals surface area contributed by atoms with Gasteiger partial charge < -0.3 is 14.4 Å². The Labute approximate surface area is 139 Å². The summed E-state index contributed by atoms with van der Waals surface area (Å²) in [5, 5.41) is 0. The predicted octanol–water partition coefficient (Wildman–Crippen LogP) is 3.64. The Morgan fingerprint density at radius 3 is 2.78 bits per heavy atom. The highest BCUT2D eigenvalue weighted by molar-refractivity contribution is 5.68. The molecule has 0 aliphatic carbocycles. The van der Waals surface area contributed by atoms with Gasteiger partial charge in [0.25, 0.3) is 0 Å². The fourth-order valence-electron chi connectivity index (χ4n) is 2.71. The fourth-order valence-corrected chi connectivity index (χ4v) is 2.71. The number of hydrogen-bond acceptors (Lipinski definition) is 4. The maximum atomic E-state index is 12.1. The van der Waals surface area contributed by atoms with Gasteiger partial charge in [0, 0.05) is 32.1 Å². The highest BCUT2D eigenvalue weighted by Gasteiger charge is 2.27. The van der Waals surface area contributed by atoms with E-state index in [0.29, 0.717) is 12.5 Å². The Morgan fingerprint density at radius 2 is 2.09 bits per heavy atom. The molecule has 1 saturated heterocycles. The SMILES string of the molecule is CC(C)(C)OC(=O)N1CCC[C@H](CCOCc2ccncc2)C1. The quantitative estimate of drug-likeness (QED) is 0.777. The summed E-state index contributed by atoms with van der Waals surface area (Å²) in [5.41, 5.74) is 0.705. The molecule has 2 heterocycles. The van der Waals surface area contributed by atoms with Crippen LogP contribution in [-0.2, 0) is 16.1 Å². The van der Waals surface area contributed by atoms with Gasteiger partial charge in [0.05, 0.1) is 6.61 Å². The van der Waals surface area contributed by atoms with E-state index in [2.05, 4.69) is 4.98 Å². The number of aromatic nitrogens is 1. The van der Waals surface area contributed by atoms with Gasteiger partial charge in [0.15, 0.2) is 0 Å². The van der Waals surface area contributed by atoms with Crippen LogP contribution in [0.25, 0.3) is 0 Å². The second-order valence-corrected chi connectivity index (χ2v) is 7.13. The van der Waals surface area contributed by atoms with Gasteiger partial charge in [-0.1, -0.05) is 0 Å². The normalized spacial score (nSPS) is 18.7. The zero-order valence-electron chi connectivity index (χ0n) is 14.5. The van der Waals surface area contributed by atoms with Gasteiger partial charge in [-0.3, -0.25) is 4.98 Å². The lowest BCUT2D eigenvalue weighted by molar-refractivity contribution is 0.0136. The molecule has 5 nitrogen and oxygen atoms in total. The summed E-state index contributed by atoms with van der Waals surface area (Å²) < 4.78 is 11.2. The molecule has 2 rings (SSSR count). The maximum absolute atomic E-state index is 12.1. The van der Waals surface area contributed by atoms with Crippen LogP contribution in [0.4, 0.5) is 4.79 Å². The van der Waals surface area contributed by atoms with E-state index in [0.717, 1.165) is 44.5 Å². The molecule has 1 aliphatic heterocycles. The Balaban J connectivity index is 1.68. The summed E-state index contributed by atoms with van der Waals surface area (Å²) in [4.78, 5) is 18.0. The summed E-state index contributed by atoms with van der Waals surface area (Å²) in [6.07, 6.45) is 6.52. The first-order valence-electron chi connectivity index (χ1n) is 8.38. The van der Waals surface area contributed by atoms with E-state index in [-0.39, 0.29) is 6.09 Å². The summed E-state index contributed by atoms with van der Waals surface area (Å²) in [6, 6.07) is 3.93. The molecule has 1 aromatic heterocycles. The van der Waals surface area contributed by atoms with Crippen molar-refractivity contribution in [3.05, 3.63) is 30.1 Å². The molecule has 1 atom stereocenters. The number of pyridine rings is 1. The van der Waals surface area contributed by atoms with Crippen molar-refractivity contribution in [1.29, 1.82) is 0 Å². The predicted molar refractivity (Wildman–Crippen MR) is 89.0 cm³/mol. The number of amides is 1. The van der Waals surface area contributed by atoms with Crippen LogP contribution in [-0.4, -0.2) is 41.3 Å². The number of carbonyl (C=O) groups excluding carboxylic acids is 1. The van der Waals surface area contributed by atoms with Crippen LogP contribution in [0.15, 0.2) is 24.5 Å². The number of ether oxygens (including phenoxy) is 2. The molecule has 0 aromatic carbocycles. The van der Waals surface area contributed by atoms with E-state index in [9.17, 15) is 4.79 Å². The molecular weight excluding hydrogens is 292 g/mol. The number of carbonyl (C=O) groups is 1. The molecule has 0 saturated carbocycles. The van der Waals surface area contributed by atoms with E-state index in [1.807, 2.05) is 37.8 Å². The summed E-state index contributed by atoms with van der Waals surface area (Å²) in [7, 11) is 0. The third kappa shape index (κ3) is 6.57. The van der Waals surface area contributed by atoms with Crippen molar-refractivity contribution in [2.75, 3.05) is 19.7 Å². The molecule has 1 amide bonds. The zero-order valence-corrected chi connectivity index (χ0v) is 14.5. The molecular formula is C18H28N2O3. The lowest BCUT2D eigenvalue weighted by atomic mass is 9.95. The molecule has 0 unspecified atom stereocenters. The highest BCUT2D eigenvalue weighted by Crippen LogP contribution is 2.21. The Bertz CT molecular complexity index is 485. The highest BCUT2D eigenvalue weighted by atomic mass is 16.6. The Morgan fingerprint density at radius 1 is 1.35 bits per heavy atom. The first-order chi connectivity index (χ1) is 10.9. The molecule has 0 N–H and O–H groups in total. The van der Waals surface area contributed by atoms with Gasteiger partial charge >= 0.3 is 6.09 Å². The van der Waals surface area contributed by atoms with Crippen LogP contribution in [0.2, 0.25) is 0 Å². The Hall–Kier alpha value is -1.62. The fraction of sp³-hybridized carbons (Fsp3) is 0.667. The van der Waals surface area contributed by atoms with Crippen LogP contribution < -0.4 is 0 Å². The van der Waals surface area contributed by atoms with Crippen LogP contribution in [0.1, 0.15) is 45.6 Å². The number of piperidine rings is 1. The molecule has 1 aliphatic rings. The van der Waals surface area contributed by atoms with Gasteiger partial charge in [-0.15, -0.1) is 0 Å². The van der Waals surface area contributed by atoms with Crippen molar-refractivity contribution in [3.63, 3.8) is 0 Å². The topological polar surface area (TPSA) is 51.7 Å². The van der Waals surface area contributed by atoms with Gasteiger partial charge in [0.1, 0.15) is 5.60 Å². The summed E-state index contributed by atoms with van der Waals surface area (Å²) in [5.74, 6) is 0.494. The van der Waals surface area contributed by atoms with Crippen LogP contribution in [0.3, 0.4) is 0 Å². The minimum atomic E-state index is -0.433. The van der Waals surface area contributed by atoms with E-state index >= 15 is 0 Å². The number of rotatable bonds is 5. The van der Waals surface area contributed by atoms with Gasteiger partial charge in [0.2, 0.25) is 0 Å². The van der Waals surface area contributed by atoms with Crippen molar-refractivity contribution < 1.29 is 14.3 Å². The van der Waals surface area contributed by atoms with Gasteiger partial charge in [-0.2, -0.15) is 0 Å². The number of hydrogen-bond donors (Lipinski definition) is 0. The molecule has 23 heavy (non-hydrogen) atoms. The maximum Gasteiger partial charge on any atom is 0.410 e. The summed E-state index contributed by atoms with van der Waals surface area (Å²) in [6.45, 7) is 8.61. The van der Waals surface area contributed by atoms with Crippen LogP contribution >= 0.6 is 0 Å². The number of likely N-dealkylation sites (tertiary alicyclic amines) is 1. The zero-order chi connectivity index (χ0) is 16.7. The van der Waals surface area contributed by atoms with Crippen molar-refractivity contribution in [3.8, 4) is 0 Å². The lowest BCUT2D eigenvalue weighted by Crippen LogP contribution is -2.43. The van der Waals surface area contributed by atoms with Gasteiger partial charge in [-0.05, 0) is 63.6 Å². The first-order valence-corrected chi connectivity index (χ1v) is 8.38. The van der Waals surface area contributed by atoms with Crippen molar-refractivity contribution in [2.45, 2.75) is 52.2 Å². The smallest absolute Gasteiger partial charge is 0.410 e. The minimum Gasteiger partial charge on any atom is -0.444 e. The number of nitrogens with zero attached hydrogens (tertiary/aromatic N) is 2. The molecule has 0 spiro atoms. The molecule has 0 radical (unpaired) electrons. The minimum absolute atomic E-state index is 0.195. The second kappa shape index (κ2) is 8.29. The second-order valence-electron chi connectivity index (χ2n) is 7.13. The third-order valence-electron chi connectivity index (χ3n) is 3.86. The molecule has 0 bridgehead atoms. The van der Waals surface area contributed by atoms with Crippen LogP contribution in [0, 0.1) is 5.92 Å². The monoisotopic (exact) mass is 320 g/mol. The van der Waals surface area contributed by atoms with Crippen LogP contribution in [0.5, 0.6) is 0 Å².